The number of amides is 4. The third-order valence-corrected chi connectivity index (χ3v) is 7.37. The summed E-state index contributed by atoms with van der Waals surface area (Å²) in [5, 5.41) is 44.4. The average Bonchev–Trinajstić information content (AvgIpc) is 3.00. The molecule has 9 N–H and O–H groups in total. The maximum Gasteiger partial charge on any atom is 0.270 e. The van der Waals surface area contributed by atoms with Gasteiger partial charge in [-0.2, -0.15) is 0 Å². The summed E-state index contributed by atoms with van der Waals surface area (Å²) >= 11 is 0. The molecule has 2 heterocycles. The van der Waals surface area contributed by atoms with E-state index in [1.165, 1.54) is 14.0 Å². The van der Waals surface area contributed by atoms with Gasteiger partial charge in [0.15, 0.2) is 12.4 Å². The van der Waals surface area contributed by atoms with Gasteiger partial charge in [-0.05, 0) is 32.6 Å². The number of aliphatic hydroxyl groups excluding tert-OH is 4. The monoisotopic (exact) mass is 649 g/mol. The first-order valence-corrected chi connectivity index (χ1v) is 14.9. The predicted molar refractivity (Wildman–Crippen MR) is 152 cm³/mol. The molecule has 18 heteroatoms. The minimum Gasteiger partial charge on any atom is -0.394 e. The van der Waals surface area contributed by atoms with Crippen molar-refractivity contribution >= 4 is 29.9 Å². The number of nitrogens with one attached hydrogen (secondary N) is 5. The van der Waals surface area contributed by atoms with Crippen molar-refractivity contribution in [3.8, 4) is 0 Å². The first kappa shape index (κ1) is 38.4. The first-order chi connectivity index (χ1) is 21.4. The molecule has 45 heavy (non-hydrogen) atoms. The fourth-order valence-corrected chi connectivity index (χ4v) is 4.96. The molecule has 5 unspecified atom stereocenters. The molecule has 0 radical (unpaired) electrons. The molecule has 0 aromatic rings. The highest BCUT2D eigenvalue weighted by Crippen LogP contribution is 2.30. The second kappa shape index (κ2) is 19.6. The Morgan fingerprint density at radius 3 is 2.13 bits per heavy atom. The molecule has 2 aliphatic heterocycles. The summed E-state index contributed by atoms with van der Waals surface area (Å²) in [5.41, 5.74) is 9.69. The SMILES string of the molecule is CO[C@@H]1C(C(=O)NNC(=O)CCCCC(=O)NNCCCCC=O)O[C@@H](O[C@@H]2C(O)C(CO)O[C@@H](C)C2NC(C)=O)C(O)[C@H]1O. The van der Waals surface area contributed by atoms with Crippen molar-refractivity contribution in [2.45, 2.75) is 120 Å². The molecule has 18 nitrogen and oxygen atoms in total. The van der Waals surface area contributed by atoms with Gasteiger partial charge < -0.3 is 49.5 Å². The van der Waals surface area contributed by atoms with Gasteiger partial charge in [0.2, 0.25) is 17.7 Å². The number of hydrazine groups is 2. The molecule has 0 aromatic carbocycles. The Morgan fingerprint density at radius 2 is 1.53 bits per heavy atom. The Balaban J connectivity index is 1.90. The van der Waals surface area contributed by atoms with Crippen LogP contribution in [0.2, 0.25) is 0 Å². The van der Waals surface area contributed by atoms with Crippen molar-refractivity contribution in [1.29, 1.82) is 0 Å². The lowest BCUT2D eigenvalue weighted by Crippen LogP contribution is -2.68. The Bertz CT molecular complexity index is 975. The summed E-state index contributed by atoms with van der Waals surface area (Å²) in [6.45, 7) is 2.75. The second-order valence-electron chi connectivity index (χ2n) is 10.9. The van der Waals surface area contributed by atoms with Crippen LogP contribution in [0.25, 0.3) is 0 Å². The fraction of sp³-hybridized carbons (Fsp3) is 0.815. The molecule has 10 atom stereocenters. The highest BCUT2D eigenvalue weighted by Gasteiger charge is 2.52. The van der Waals surface area contributed by atoms with Gasteiger partial charge >= 0.3 is 0 Å². The van der Waals surface area contributed by atoms with Crippen molar-refractivity contribution in [2.75, 3.05) is 20.3 Å². The molecule has 2 fully saturated rings. The summed E-state index contributed by atoms with van der Waals surface area (Å²) in [5.74, 6) is -2.24. The number of carbonyl (C=O) groups is 5. The number of hydrogen-bond donors (Lipinski definition) is 9. The van der Waals surface area contributed by atoms with Crippen molar-refractivity contribution in [2.24, 2.45) is 0 Å². The van der Waals surface area contributed by atoms with E-state index in [-0.39, 0.29) is 18.7 Å². The number of hydrogen-bond acceptors (Lipinski definition) is 14. The van der Waals surface area contributed by atoms with Crippen LogP contribution in [0.4, 0.5) is 0 Å². The number of ether oxygens (including phenoxy) is 4. The van der Waals surface area contributed by atoms with Gasteiger partial charge in [-0.3, -0.25) is 35.5 Å². The van der Waals surface area contributed by atoms with Crippen LogP contribution in [0.5, 0.6) is 0 Å². The van der Waals surface area contributed by atoms with E-state index < -0.39 is 85.5 Å². The highest BCUT2D eigenvalue weighted by molar-refractivity contribution is 5.85. The quantitative estimate of drug-likeness (QED) is 0.0416. The van der Waals surface area contributed by atoms with E-state index in [0.29, 0.717) is 25.8 Å². The lowest BCUT2D eigenvalue weighted by atomic mass is 9.92. The van der Waals surface area contributed by atoms with E-state index in [4.69, 9.17) is 18.9 Å². The van der Waals surface area contributed by atoms with E-state index in [0.717, 1.165) is 19.1 Å². The van der Waals surface area contributed by atoms with Crippen LogP contribution < -0.4 is 27.0 Å². The molecule has 0 spiro atoms. The average molecular weight is 650 g/mol. The number of aliphatic hydroxyl groups is 4. The van der Waals surface area contributed by atoms with Crippen molar-refractivity contribution in [1.82, 2.24) is 27.0 Å². The smallest absolute Gasteiger partial charge is 0.270 e. The van der Waals surface area contributed by atoms with Gasteiger partial charge in [0, 0.05) is 39.8 Å². The topological polar surface area (TPSA) is 263 Å². The number of rotatable bonds is 17. The lowest BCUT2D eigenvalue weighted by Gasteiger charge is -2.47. The van der Waals surface area contributed by atoms with E-state index >= 15 is 0 Å². The Morgan fingerprint density at radius 1 is 0.867 bits per heavy atom. The van der Waals surface area contributed by atoms with E-state index in [9.17, 15) is 44.4 Å². The zero-order valence-electron chi connectivity index (χ0n) is 25.7. The van der Waals surface area contributed by atoms with Crippen LogP contribution in [0.3, 0.4) is 0 Å². The van der Waals surface area contributed by atoms with E-state index in [1.54, 1.807) is 6.92 Å². The Hall–Kier alpha value is -2.81. The number of aldehydes is 1. The van der Waals surface area contributed by atoms with Crippen LogP contribution >= 0.6 is 0 Å². The number of carbonyl (C=O) groups excluding carboxylic acids is 5. The third kappa shape index (κ3) is 11.8. The number of unbranched alkanes of at least 4 members (excludes halogenated alkanes) is 3. The summed E-state index contributed by atoms with van der Waals surface area (Å²) in [7, 11) is 1.17. The second-order valence-corrected chi connectivity index (χ2v) is 10.9. The Labute approximate surface area is 260 Å². The molecular formula is C27H47N5O13. The predicted octanol–water partition coefficient (Wildman–Crippen LogP) is -3.82. The van der Waals surface area contributed by atoms with Gasteiger partial charge in [-0.1, -0.05) is 0 Å². The maximum absolute atomic E-state index is 13.0. The van der Waals surface area contributed by atoms with Crippen LogP contribution in [-0.2, 0) is 42.9 Å². The zero-order valence-corrected chi connectivity index (χ0v) is 25.7. The van der Waals surface area contributed by atoms with Crippen LogP contribution in [0.15, 0.2) is 0 Å². The molecule has 4 amide bonds. The standard InChI is InChI=1S/C27H47N5O13/c1-14-19(29-15(2)35)23(20(38)16(13-34)43-14)44-27-22(40)21(39)24(42-3)25(45-27)26(41)32-31-18(37)10-6-5-9-17(36)30-28-11-7-4-8-12-33/h12,14,16,19-25,27-28,34,38-40H,4-11,13H2,1-3H3,(H,29,35)(H,30,36)(H,31,37)(H,32,41)/t14-,16?,19?,20?,21+,22?,23-,24-,25?,27+/m0/s1. The molecule has 2 aliphatic rings. The van der Waals surface area contributed by atoms with Gasteiger partial charge in [-0.25, -0.2) is 5.43 Å². The van der Waals surface area contributed by atoms with Gasteiger partial charge in [-0.15, -0.1) is 0 Å². The highest BCUT2D eigenvalue weighted by atomic mass is 16.7. The lowest BCUT2D eigenvalue weighted by molar-refractivity contribution is -0.325. The van der Waals surface area contributed by atoms with Gasteiger partial charge in [0.25, 0.3) is 5.91 Å². The van der Waals surface area contributed by atoms with Crippen LogP contribution in [0.1, 0.15) is 58.8 Å². The van der Waals surface area contributed by atoms with Crippen molar-refractivity contribution < 1.29 is 63.3 Å². The zero-order chi connectivity index (χ0) is 33.5. The molecule has 0 aliphatic carbocycles. The van der Waals surface area contributed by atoms with E-state index in [2.05, 4.69) is 27.0 Å². The molecular weight excluding hydrogens is 602 g/mol. The van der Waals surface area contributed by atoms with Crippen LogP contribution in [-0.4, -0.2) is 132 Å². The minimum absolute atomic E-state index is 0.0185. The first-order valence-electron chi connectivity index (χ1n) is 14.9. The minimum atomic E-state index is -1.76. The molecule has 2 saturated heterocycles. The van der Waals surface area contributed by atoms with Crippen LogP contribution in [0, 0.1) is 0 Å². The summed E-state index contributed by atoms with van der Waals surface area (Å²) in [4.78, 5) is 59.2. The third-order valence-electron chi connectivity index (χ3n) is 7.37. The fourth-order valence-electron chi connectivity index (χ4n) is 4.96. The molecule has 0 aromatic heterocycles. The normalized spacial score (nSPS) is 31.4. The van der Waals surface area contributed by atoms with Crippen molar-refractivity contribution in [3.05, 3.63) is 0 Å². The molecule has 0 saturated carbocycles. The van der Waals surface area contributed by atoms with Gasteiger partial charge in [0.05, 0.1) is 18.8 Å². The van der Waals surface area contributed by atoms with Crippen molar-refractivity contribution in [3.63, 3.8) is 0 Å². The molecule has 258 valence electrons. The largest absolute Gasteiger partial charge is 0.394 e. The van der Waals surface area contributed by atoms with Gasteiger partial charge in [0.1, 0.15) is 42.9 Å². The summed E-state index contributed by atoms with van der Waals surface area (Å²) in [6.07, 6.45) is -9.17. The molecule has 0 bridgehead atoms. The maximum atomic E-state index is 13.0. The molecule has 2 rings (SSSR count). The summed E-state index contributed by atoms with van der Waals surface area (Å²) in [6, 6.07) is -0.957. The Kier molecular flexibility index (Phi) is 16.8. The summed E-state index contributed by atoms with van der Waals surface area (Å²) < 4.78 is 22.2. The number of methoxy groups -OCH3 is 1. The van der Waals surface area contributed by atoms with E-state index in [1.807, 2.05) is 0 Å².